The van der Waals surface area contributed by atoms with Gasteiger partial charge in [-0.1, -0.05) is 27.5 Å². The van der Waals surface area contributed by atoms with E-state index in [2.05, 4.69) is 28.6 Å². The van der Waals surface area contributed by atoms with Gasteiger partial charge >= 0.3 is 0 Å². The van der Waals surface area contributed by atoms with Crippen molar-refractivity contribution in [1.82, 2.24) is 0 Å². The number of carbonyl (C=O) groups excluding carboxylic acids is 1. The maximum atomic E-state index is 11.7. The summed E-state index contributed by atoms with van der Waals surface area (Å²) in [4.78, 5) is 14.4. The smallest absolute Gasteiger partial charge is 0.228 e. The van der Waals surface area contributed by atoms with Crippen LogP contribution in [0.3, 0.4) is 0 Å². The van der Waals surface area contributed by atoms with E-state index in [9.17, 15) is 4.79 Å². The number of hydrogen-bond donors (Lipinski definition) is 1. The van der Waals surface area contributed by atoms with E-state index in [4.69, 9.17) is 11.6 Å². The SMILES string of the molecule is O=C1CC(Br)CN1c1cc(Cl)ccc1S. The molecule has 0 saturated carbocycles. The van der Waals surface area contributed by atoms with Crippen LogP contribution in [0, 0.1) is 0 Å². The third kappa shape index (κ3) is 2.32. The minimum absolute atomic E-state index is 0.106. The maximum Gasteiger partial charge on any atom is 0.228 e. The molecule has 1 aromatic rings. The lowest BCUT2D eigenvalue weighted by Gasteiger charge is -2.18. The molecule has 1 aliphatic heterocycles. The Labute approximate surface area is 107 Å². The molecule has 1 aromatic carbocycles. The summed E-state index contributed by atoms with van der Waals surface area (Å²) < 4.78 is 0. The topological polar surface area (TPSA) is 20.3 Å². The number of hydrogen-bond acceptors (Lipinski definition) is 2. The Kier molecular flexibility index (Phi) is 3.28. The van der Waals surface area contributed by atoms with E-state index >= 15 is 0 Å². The van der Waals surface area contributed by atoms with E-state index < -0.39 is 0 Å². The molecule has 2 rings (SSSR count). The molecule has 0 spiro atoms. The minimum Gasteiger partial charge on any atom is -0.310 e. The van der Waals surface area contributed by atoms with Crippen LogP contribution in [0.25, 0.3) is 0 Å². The van der Waals surface area contributed by atoms with Gasteiger partial charge in [0.05, 0.1) is 5.69 Å². The molecular formula is C10H9BrClNOS. The molecule has 1 atom stereocenters. The molecule has 5 heteroatoms. The van der Waals surface area contributed by atoms with Crippen LogP contribution < -0.4 is 4.90 Å². The van der Waals surface area contributed by atoms with Crippen LogP contribution in [-0.4, -0.2) is 17.3 Å². The normalized spacial score (nSPS) is 21.1. The summed E-state index contributed by atoms with van der Waals surface area (Å²) >= 11 is 13.7. The van der Waals surface area contributed by atoms with E-state index in [1.54, 1.807) is 23.1 Å². The van der Waals surface area contributed by atoms with Crippen LogP contribution in [0.5, 0.6) is 0 Å². The van der Waals surface area contributed by atoms with Crippen LogP contribution >= 0.6 is 40.2 Å². The fraction of sp³-hybridized carbons (Fsp3) is 0.300. The zero-order valence-corrected chi connectivity index (χ0v) is 11.0. The van der Waals surface area contributed by atoms with Gasteiger partial charge in [-0.3, -0.25) is 4.79 Å². The van der Waals surface area contributed by atoms with E-state index in [1.807, 2.05) is 0 Å². The van der Waals surface area contributed by atoms with Crippen LogP contribution in [0.2, 0.25) is 5.02 Å². The molecule has 1 aliphatic rings. The third-order valence-corrected chi connectivity index (χ3v) is 3.53. The first-order valence-corrected chi connectivity index (χ1v) is 6.25. The van der Waals surface area contributed by atoms with Gasteiger partial charge in [-0.2, -0.15) is 0 Å². The summed E-state index contributed by atoms with van der Waals surface area (Å²) in [7, 11) is 0. The lowest BCUT2D eigenvalue weighted by atomic mass is 10.3. The average Bonchev–Trinajstić information content (AvgIpc) is 2.50. The van der Waals surface area contributed by atoms with Gasteiger partial charge in [-0.25, -0.2) is 0 Å². The zero-order valence-electron chi connectivity index (χ0n) is 7.78. The highest BCUT2D eigenvalue weighted by Gasteiger charge is 2.29. The predicted molar refractivity (Wildman–Crippen MR) is 68.4 cm³/mol. The summed E-state index contributed by atoms with van der Waals surface area (Å²) in [5.41, 5.74) is 0.790. The first-order chi connectivity index (χ1) is 7.08. The monoisotopic (exact) mass is 305 g/mol. The van der Waals surface area contributed by atoms with Gasteiger partial charge in [-0.05, 0) is 18.2 Å². The number of amides is 1. The first-order valence-electron chi connectivity index (χ1n) is 4.51. The Morgan fingerprint density at radius 3 is 2.87 bits per heavy atom. The fourth-order valence-corrected chi connectivity index (χ4v) is 2.60. The molecule has 0 radical (unpaired) electrons. The highest BCUT2D eigenvalue weighted by atomic mass is 79.9. The van der Waals surface area contributed by atoms with E-state index in [0.717, 1.165) is 10.6 Å². The van der Waals surface area contributed by atoms with Crippen LogP contribution in [0.1, 0.15) is 6.42 Å². The quantitative estimate of drug-likeness (QED) is 0.624. The summed E-state index contributed by atoms with van der Waals surface area (Å²) in [6.07, 6.45) is 0.528. The van der Waals surface area contributed by atoms with Crippen molar-refractivity contribution >= 4 is 51.8 Å². The van der Waals surface area contributed by atoms with Crippen LogP contribution in [-0.2, 0) is 4.79 Å². The summed E-state index contributed by atoms with van der Waals surface area (Å²) in [6.45, 7) is 0.673. The Balaban J connectivity index is 2.37. The Morgan fingerprint density at radius 1 is 1.53 bits per heavy atom. The van der Waals surface area contributed by atoms with Gasteiger partial charge in [0.2, 0.25) is 5.91 Å². The van der Waals surface area contributed by atoms with Gasteiger partial charge in [0.1, 0.15) is 0 Å². The molecule has 0 aliphatic carbocycles. The average molecular weight is 307 g/mol. The van der Waals surface area contributed by atoms with E-state index in [-0.39, 0.29) is 10.7 Å². The Hall–Kier alpha value is -0.190. The number of anilines is 1. The van der Waals surface area contributed by atoms with Crippen molar-refractivity contribution in [1.29, 1.82) is 0 Å². The molecule has 1 fully saturated rings. The second-order valence-electron chi connectivity index (χ2n) is 3.44. The standard InChI is InChI=1S/C10H9BrClNOS/c11-6-3-10(14)13(5-6)8-4-7(12)1-2-9(8)15/h1-2,4,6,15H,3,5H2. The molecule has 80 valence electrons. The lowest BCUT2D eigenvalue weighted by Crippen LogP contribution is -2.24. The molecule has 0 aromatic heterocycles. The van der Waals surface area contributed by atoms with Crippen LogP contribution in [0.4, 0.5) is 5.69 Å². The van der Waals surface area contributed by atoms with Gasteiger partial charge in [0, 0.05) is 27.7 Å². The van der Waals surface area contributed by atoms with Crippen molar-refractivity contribution in [3.8, 4) is 0 Å². The summed E-state index contributed by atoms with van der Waals surface area (Å²) in [6, 6.07) is 5.34. The van der Waals surface area contributed by atoms with Crippen molar-refractivity contribution < 1.29 is 4.79 Å². The number of thiol groups is 1. The second-order valence-corrected chi connectivity index (χ2v) is 5.65. The van der Waals surface area contributed by atoms with Gasteiger partial charge < -0.3 is 4.90 Å². The first kappa shape index (κ1) is 11.3. The number of carbonyl (C=O) groups is 1. The number of rotatable bonds is 1. The van der Waals surface area contributed by atoms with Crippen LogP contribution in [0.15, 0.2) is 23.1 Å². The van der Waals surface area contributed by atoms with Crippen molar-refractivity contribution in [2.45, 2.75) is 16.1 Å². The maximum absolute atomic E-state index is 11.7. The molecule has 0 bridgehead atoms. The molecule has 1 unspecified atom stereocenters. The molecule has 0 N–H and O–H groups in total. The zero-order chi connectivity index (χ0) is 11.0. The Morgan fingerprint density at radius 2 is 2.27 bits per heavy atom. The molecule has 15 heavy (non-hydrogen) atoms. The van der Waals surface area contributed by atoms with E-state index in [1.165, 1.54) is 0 Å². The van der Waals surface area contributed by atoms with Gasteiger partial charge in [0.25, 0.3) is 0 Å². The van der Waals surface area contributed by atoms with Crippen molar-refractivity contribution in [3.63, 3.8) is 0 Å². The highest BCUT2D eigenvalue weighted by molar-refractivity contribution is 9.09. The fourth-order valence-electron chi connectivity index (χ4n) is 1.61. The molecular weight excluding hydrogens is 298 g/mol. The molecule has 2 nitrogen and oxygen atoms in total. The summed E-state index contributed by atoms with van der Waals surface area (Å²) in [5.74, 6) is 0.106. The number of alkyl halides is 1. The number of nitrogens with zero attached hydrogens (tertiary/aromatic N) is 1. The van der Waals surface area contributed by atoms with Crippen molar-refractivity contribution in [2.75, 3.05) is 11.4 Å². The molecule has 1 heterocycles. The lowest BCUT2D eigenvalue weighted by molar-refractivity contribution is -0.117. The van der Waals surface area contributed by atoms with Gasteiger partial charge in [0.15, 0.2) is 0 Å². The minimum atomic E-state index is 0.106. The Bertz CT molecular complexity index is 412. The van der Waals surface area contributed by atoms with Crippen molar-refractivity contribution in [3.05, 3.63) is 23.2 Å². The van der Waals surface area contributed by atoms with Crippen molar-refractivity contribution in [2.24, 2.45) is 0 Å². The molecule has 1 saturated heterocycles. The largest absolute Gasteiger partial charge is 0.310 e. The third-order valence-electron chi connectivity index (χ3n) is 2.31. The summed E-state index contributed by atoms with van der Waals surface area (Å²) in [5, 5.41) is 0.619. The number of benzene rings is 1. The highest BCUT2D eigenvalue weighted by Crippen LogP contribution is 2.32. The number of halogens is 2. The van der Waals surface area contributed by atoms with Gasteiger partial charge in [-0.15, -0.1) is 12.6 Å². The molecule has 1 amide bonds. The predicted octanol–water partition coefficient (Wildman–Crippen LogP) is 3.13. The van der Waals surface area contributed by atoms with E-state index in [0.29, 0.717) is 18.0 Å². The second kappa shape index (κ2) is 4.36.